The van der Waals surface area contributed by atoms with E-state index in [1.807, 2.05) is 24.8 Å². The van der Waals surface area contributed by atoms with Gasteiger partial charge in [0.25, 0.3) is 0 Å². The summed E-state index contributed by atoms with van der Waals surface area (Å²) in [6, 6.07) is 2.01. The van der Waals surface area contributed by atoms with Gasteiger partial charge in [0.05, 0.1) is 0 Å². The minimum absolute atomic E-state index is 0.122. The summed E-state index contributed by atoms with van der Waals surface area (Å²) in [5.41, 5.74) is 2.82. The molecular formula is C19H25N5O2. The van der Waals surface area contributed by atoms with E-state index >= 15 is 0 Å². The molecule has 2 aliphatic rings. The van der Waals surface area contributed by atoms with E-state index in [0.29, 0.717) is 13.2 Å². The van der Waals surface area contributed by atoms with Crippen LogP contribution in [-0.4, -0.2) is 57.0 Å². The molecule has 1 atom stereocenters. The van der Waals surface area contributed by atoms with Gasteiger partial charge in [-0.15, -0.1) is 0 Å². The van der Waals surface area contributed by atoms with Crippen LogP contribution < -0.4 is 0 Å². The quantitative estimate of drug-likeness (QED) is 0.913. The number of nitrogens with zero attached hydrogens (tertiary/aromatic N) is 4. The van der Waals surface area contributed by atoms with E-state index in [2.05, 4.69) is 19.9 Å². The first-order valence-corrected chi connectivity index (χ1v) is 9.34. The maximum atomic E-state index is 12.8. The van der Waals surface area contributed by atoms with Crippen molar-refractivity contribution >= 4 is 5.91 Å². The molecule has 0 radical (unpaired) electrons. The van der Waals surface area contributed by atoms with E-state index in [9.17, 15) is 4.79 Å². The lowest BCUT2D eigenvalue weighted by Gasteiger charge is -2.26. The molecule has 0 aromatic carbocycles. The second-order valence-electron chi connectivity index (χ2n) is 7.30. The number of amides is 1. The normalized spacial score (nSPS) is 21.3. The van der Waals surface area contributed by atoms with Crippen molar-refractivity contribution in [3.8, 4) is 11.5 Å². The number of hydrogen-bond donors (Lipinski definition) is 1. The molecule has 138 valence electrons. The number of H-pyrrole nitrogens is 1. The standard InChI is InChI=1S/C19H25N5O2/c1-12-10-20-18(21-12)17-9-16(22-13(2)23-17)15-3-6-24(11-15)19(25)14-4-7-26-8-5-14/h9-10,14-15H,3-8,11H2,1-2H3,(H,20,21)/t15-/m1/s1. The maximum absolute atomic E-state index is 12.8. The zero-order valence-corrected chi connectivity index (χ0v) is 15.4. The first kappa shape index (κ1) is 17.1. The highest BCUT2D eigenvalue weighted by atomic mass is 16.5. The molecule has 2 fully saturated rings. The largest absolute Gasteiger partial charge is 0.381 e. The van der Waals surface area contributed by atoms with Gasteiger partial charge in [-0.05, 0) is 39.2 Å². The van der Waals surface area contributed by atoms with Gasteiger partial charge in [-0.3, -0.25) is 4.79 Å². The van der Waals surface area contributed by atoms with Crippen molar-refractivity contribution in [1.82, 2.24) is 24.8 Å². The SMILES string of the molecule is Cc1nc(-c2ncc(C)[nH]2)cc([C@@H]2CCN(C(=O)C3CCOCC3)C2)n1. The smallest absolute Gasteiger partial charge is 0.225 e. The van der Waals surface area contributed by atoms with Gasteiger partial charge < -0.3 is 14.6 Å². The van der Waals surface area contributed by atoms with Crippen LogP contribution in [0.4, 0.5) is 0 Å². The van der Waals surface area contributed by atoms with Crippen molar-refractivity contribution in [2.24, 2.45) is 5.92 Å². The summed E-state index contributed by atoms with van der Waals surface area (Å²) < 4.78 is 5.38. The highest BCUT2D eigenvalue weighted by molar-refractivity contribution is 5.79. The van der Waals surface area contributed by atoms with Gasteiger partial charge in [0.2, 0.25) is 5.91 Å². The van der Waals surface area contributed by atoms with Crippen LogP contribution in [0.15, 0.2) is 12.3 Å². The summed E-state index contributed by atoms with van der Waals surface area (Å²) in [6.45, 7) is 6.82. The number of rotatable bonds is 3. The molecule has 0 spiro atoms. The molecular weight excluding hydrogens is 330 g/mol. The topological polar surface area (TPSA) is 84.0 Å². The summed E-state index contributed by atoms with van der Waals surface area (Å²) in [6.07, 6.45) is 4.43. The molecule has 2 saturated heterocycles. The van der Waals surface area contributed by atoms with E-state index in [1.54, 1.807) is 6.20 Å². The Labute approximate surface area is 153 Å². The van der Waals surface area contributed by atoms with Crippen molar-refractivity contribution in [3.05, 3.63) is 29.5 Å². The van der Waals surface area contributed by atoms with E-state index in [4.69, 9.17) is 4.74 Å². The molecule has 26 heavy (non-hydrogen) atoms. The molecule has 0 aliphatic carbocycles. The number of nitrogens with one attached hydrogen (secondary N) is 1. The van der Waals surface area contributed by atoms with Gasteiger partial charge >= 0.3 is 0 Å². The molecule has 0 saturated carbocycles. The lowest BCUT2D eigenvalue weighted by molar-refractivity contribution is -0.137. The molecule has 2 aromatic heterocycles. The molecule has 1 N–H and O–H groups in total. The Kier molecular flexibility index (Phi) is 4.72. The Balaban J connectivity index is 1.50. The number of carbonyl (C=O) groups excluding carboxylic acids is 1. The monoisotopic (exact) mass is 355 g/mol. The molecule has 2 aromatic rings. The van der Waals surface area contributed by atoms with Crippen LogP contribution in [-0.2, 0) is 9.53 Å². The fourth-order valence-corrected chi connectivity index (χ4v) is 3.87. The highest BCUT2D eigenvalue weighted by Crippen LogP contribution is 2.30. The molecule has 4 heterocycles. The highest BCUT2D eigenvalue weighted by Gasteiger charge is 2.33. The van der Waals surface area contributed by atoms with E-state index in [1.165, 1.54) is 0 Å². The van der Waals surface area contributed by atoms with Gasteiger partial charge in [0.1, 0.15) is 11.5 Å². The summed E-state index contributed by atoms with van der Waals surface area (Å²) >= 11 is 0. The molecule has 7 nitrogen and oxygen atoms in total. The summed E-state index contributed by atoms with van der Waals surface area (Å²) in [7, 11) is 0. The third-order valence-corrected chi connectivity index (χ3v) is 5.29. The summed E-state index contributed by atoms with van der Waals surface area (Å²) in [5.74, 6) is 2.16. The average molecular weight is 355 g/mol. The van der Waals surface area contributed by atoms with Gasteiger partial charge in [-0.25, -0.2) is 15.0 Å². The lowest BCUT2D eigenvalue weighted by atomic mass is 9.98. The molecule has 0 bridgehead atoms. The Morgan fingerprint density at radius 3 is 2.77 bits per heavy atom. The minimum Gasteiger partial charge on any atom is -0.381 e. The van der Waals surface area contributed by atoms with Crippen LogP contribution in [0.3, 0.4) is 0 Å². The van der Waals surface area contributed by atoms with Crippen molar-refractivity contribution in [2.75, 3.05) is 26.3 Å². The van der Waals surface area contributed by atoms with Gasteiger partial charge in [-0.1, -0.05) is 0 Å². The van der Waals surface area contributed by atoms with E-state index in [0.717, 1.165) is 61.1 Å². The average Bonchev–Trinajstić information content (AvgIpc) is 3.31. The fraction of sp³-hybridized carbons (Fsp3) is 0.579. The zero-order chi connectivity index (χ0) is 18.1. The predicted molar refractivity (Wildman–Crippen MR) is 96.6 cm³/mol. The lowest BCUT2D eigenvalue weighted by Crippen LogP contribution is -2.37. The van der Waals surface area contributed by atoms with Crippen molar-refractivity contribution in [2.45, 2.75) is 39.0 Å². The van der Waals surface area contributed by atoms with Crippen LogP contribution in [0, 0.1) is 19.8 Å². The van der Waals surface area contributed by atoms with Gasteiger partial charge in [-0.2, -0.15) is 0 Å². The number of aryl methyl sites for hydroxylation is 2. The van der Waals surface area contributed by atoms with Crippen LogP contribution in [0.2, 0.25) is 0 Å². The van der Waals surface area contributed by atoms with Crippen molar-refractivity contribution in [3.63, 3.8) is 0 Å². The van der Waals surface area contributed by atoms with Crippen molar-refractivity contribution < 1.29 is 9.53 Å². The maximum Gasteiger partial charge on any atom is 0.225 e. The van der Waals surface area contributed by atoms with E-state index in [-0.39, 0.29) is 17.7 Å². The molecule has 2 aliphatic heterocycles. The third-order valence-electron chi connectivity index (χ3n) is 5.29. The molecule has 7 heteroatoms. The zero-order valence-electron chi connectivity index (χ0n) is 15.4. The first-order valence-electron chi connectivity index (χ1n) is 9.34. The minimum atomic E-state index is 0.122. The molecule has 4 rings (SSSR count). The number of carbonyl (C=O) groups is 1. The summed E-state index contributed by atoms with van der Waals surface area (Å²) in [4.78, 5) is 31.5. The molecule has 1 amide bonds. The second kappa shape index (κ2) is 7.15. The Morgan fingerprint density at radius 2 is 2.04 bits per heavy atom. The van der Waals surface area contributed by atoms with Crippen molar-refractivity contribution in [1.29, 1.82) is 0 Å². The Hall–Kier alpha value is -2.28. The molecule has 0 unspecified atom stereocenters. The van der Waals surface area contributed by atoms with Gasteiger partial charge in [0.15, 0.2) is 5.82 Å². The van der Waals surface area contributed by atoms with Gasteiger partial charge in [0, 0.05) is 55.7 Å². The number of imidazole rings is 1. The van der Waals surface area contributed by atoms with Crippen LogP contribution in [0.25, 0.3) is 11.5 Å². The number of aromatic amines is 1. The predicted octanol–water partition coefficient (Wildman–Crippen LogP) is 2.23. The first-order chi connectivity index (χ1) is 12.6. The Bertz CT molecular complexity index is 797. The van der Waals surface area contributed by atoms with Crippen LogP contribution >= 0.6 is 0 Å². The van der Waals surface area contributed by atoms with Crippen LogP contribution in [0.1, 0.15) is 42.4 Å². The summed E-state index contributed by atoms with van der Waals surface area (Å²) in [5, 5.41) is 0. The number of ether oxygens (including phenoxy) is 1. The fourth-order valence-electron chi connectivity index (χ4n) is 3.87. The number of likely N-dealkylation sites (tertiary alicyclic amines) is 1. The number of hydrogen-bond acceptors (Lipinski definition) is 5. The second-order valence-corrected chi connectivity index (χ2v) is 7.30. The Morgan fingerprint density at radius 1 is 1.23 bits per heavy atom. The van der Waals surface area contributed by atoms with E-state index < -0.39 is 0 Å². The van der Waals surface area contributed by atoms with Crippen LogP contribution in [0.5, 0.6) is 0 Å². The number of aromatic nitrogens is 4. The third kappa shape index (κ3) is 3.49.